The first-order valence-electron chi connectivity index (χ1n) is 8.77. The van der Waals surface area contributed by atoms with Crippen molar-refractivity contribution >= 4 is 32.9 Å². The van der Waals surface area contributed by atoms with Crippen LogP contribution in [0.4, 0.5) is 0 Å². The van der Waals surface area contributed by atoms with E-state index in [0.29, 0.717) is 38.8 Å². The lowest BCUT2D eigenvalue weighted by atomic mass is 10.3. The average Bonchev–Trinajstić information content (AvgIpc) is 3.16. The van der Waals surface area contributed by atoms with Crippen LogP contribution < -0.4 is 9.80 Å². The molecule has 12 heteroatoms. The smallest absolute Gasteiger partial charge is 0.339 e. The fourth-order valence-electron chi connectivity index (χ4n) is 2.85. The Morgan fingerprint density at radius 1 is 0.704 bits per heavy atom. The molecule has 2 aliphatic heterocycles. The molecule has 2 aliphatic rings. The Bertz CT molecular complexity index is 776. The first-order chi connectivity index (χ1) is 12.6. The molecule has 0 fully saturated rings. The van der Waals surface area contributed by atoms with Crippen LogP contribution in [0.3, 0.4) is 0 Å². The highest BCUT2D eigenvalue weighted by Crippen LogP contribution is 1.96. The molecule has 0 radical (unpaired) electrons. The van der Waals surface area contributed by atoms with Gasteiger partial charge in [-0.1, -0.05) is 0 Å². The number of unbranched alkanes of at least 4 members (excludes halogenated alkanes) is 2. The molecule has 0 spiro atoms. The molecule has 0 amide bonds. The fraction of sp³-hybridized carbons (Fsp3) is 0.600. The minimum absolute atomic E-state index is 0.324. The molecule has 152 valence electrons. The van der Waals surface area contributed by atoms with Gasteiger partial charge in [0.2, 0.25) is 19.1 Å². The molecular formula is C15H26N4O6S2+2. The van der Waals surface area contributed by atoms with Crippen molar-refractivity contribution in [1.29, 1.82) is 0 Å². The van der Waals surface area contributed by atoms with E-state index in [1.165, 1.54) is 0 Å². The van der Waals surface area contributed by atoms with E-state index in [1.807, 2.05) is 46.6 Å². The molecule has 2 unspecified atom stereocenters. The van der Waals surface area contributed by atoms with Gasteiger partial charge in [-0.05, 0) is 12.8 Å². The van der Waals surface area contributed by atoms with Crippen molar-refractivity contribution in [1.82, 2.24) is 0 Å². The Morgan fingerprint density at radius 3 is 1.48 bits per heavy atom. The maximum atomic E-state index is 10.6. The van der Waals surface area contributed by atoms with Crippen LogP contribution in [-0.2, 0) is 20.2 Å². The minimum atomic E-state index is -4.13. The van der Waals surface area contributed by atoms with Gasteiger partial charge >= 0.3 is 12.7 Å². The number of hydrogen-bond acceptors (Lipinski definition) is 6. The van der Waals surface area contributed by atoms with E-state index in [-0.39, 0.29) is 11.5 Å². The predicted molar refractivity (Wildman–Crippen MR) is 95.1 cm³/mol. The second-order valence-electron chi connectivity index (χ2n) is 6.63. The van der Waals surface area contributed by atoms with Crippen LogP contribution in [0.1, 0.15) is 25.7 Å². The Balaban J connectivity index is 1.67. The first-order valence-corrected chi connectivity index (χ1v) is 11.9. The van der Waals surface area contributed by atoms with E-state index in [2.05, 4.69) is 0 Å². The third-order valence-electron chi connectivity index (χ3n) is 4.15. The fourth-order valence-corrected chi connectivity index (χ4v) is 3.97. The van der Waals surface area contributed by atoms with Crippen molar-refractivity contribution < 1.29 is 44.9 Å². The van der Waals surface area contributed by atoms with Crippen molar-refractivity contribution in [3.63, 3.8) is 0 Å². The van der Waals surface area contributed by atoms with E-state index in [1.54, 1.807) is 0 Å². The van der Waals surface area contributed by atoms with Gasteiger partial charge in [0.1, 0.15) is 0 Å². The Morgan fingerprint density at radius 2 is 1.11 bits per heavy atom. The van der Waals surface area contributed by atoms with Crippen LogP contribution in [0.25, 0.3) is 0 Å². The molecule has 2 atom stereocenters. The van der Waals surface area contributed by atoms with Gasteiger partial charge < -0.3 is 9.11 Å². The molecule has 2 N–H and O–H groups in total. The van der Waals surface area contributed by atoms with Crippen molar-refractivity contribution in [2.45, 2.75) is 25.7 Å². The summed E-state index contributed by atoms with van der Waals surface area (Å²) >= 11 is 0. The summed E-state index contributed by atoms with van der Waals surface area (Å²) in [5, 5.41) is 0. The lowest BCUT2D eigenvalue weighted by Gasteiger charge is -2.05. The van der Waals surface area contributed by atoms with Crippen LogP contribution in [0, 0.1) is 0 Å². The largest absolute Gasteiger partial charge is 0.748 e. The second kappa shape index (κ2) is 9.66. The molecule has 10 nitrogen and oxygen atoms in total. The third-order valence-corrected chi connectivity index (χ3v) is 5.73. The number of quaternary nitrogens is 2. The van der Waals surface area contributed by atoms with E-state index >= 15 is 0 Å². The van der Waals surface area contributed by atoms with Crippen molar-refractivity contribution in [2.24, 2.45) is 0 Å². The summed E-state index contributed by atoms with van der Waals surface area (Å²) in [6.45, 7) is 2.09. The number of nitrogens with zero attached hydrogens (tertiary/aromatic N) is 2. The maximum absolute atomic E-state index is 10.6. The molecular weight excluding hydrogens is 396 g/mol. The standard InChI is InChI=1S/C15H24N4O6S2/c20-26(21,22)11-3-1-5-16-7-9-18(13-16)15-19-10-8-17(14-19)6-2-4-12-27(23,24)25/h7-10,13-14H,1-6,11-12,15H2/p+2. The molecule has 0 aromatic rings. The quantitative estimate of drug-likeness (QED) is 0.190. The van der Waals surface area contributed by atoms with Crippen LogP contribution in [0.15, 0.2) is 24.8 Å². The van der Waals surface area contributed by atoms with E-state index in [0.717, 1.165) is 16.5 Å². The Kier molecular flexibility index (Phi) is 7.82. The van der Waals surface area contributed by atoms with Crippen LogP contribution in [0.2, 0.25) is 0 Å². The molecule has 0 aliphatic carbocycles. The van der Waals surface area contributed by atoms with Crippen LogP contribution in [0.5, 0.6) is 0 Å². The minimum Gasteiger partial charge on any atom is -0.748 e. The van der Waals surface area contributed by atoms with Gasteiger partial charge in [0.25, 0.3) is 0 Å². The van der Waals surface area contributed by atoms with Crippen molar-refractivity contribution in [2.75, 3.05) is 31.3 Å². The third kappa shape index (κ3) is 9.35. The summed E-state index contributed by atoms with van der Waals surface area (Å²) in [6.07, 6.45) is 13.8. The number of rotatable bonds is 12. The first kappa shape index (κ1) is 21.9. The molecule has 0 aromatic carbocycles. The monoisotopic (exact) mass is 422 g/mol. The summed E-state index contributed by atoms with van der Waals surface area (Å²) in [4.78, 5) is 2.25. The lowest BCUT2D eigenvalue weighted by Crippen LogP contribution is -3.26. The van der Waals surface area contributed by atoms with Gasteiger partial charge in [-0.15, -0.1) is 0 Å². The zero-order chi connectivity index (χ0) is 19.9. The Labute approximate surface area is 159 Å². The Hall–Kier alpha value is -1.44. The summed E-state index contributed by atoms with van der Waals surface area (Å²) in [7, 11) is -8.27. The molecule has 0 bridgehead atoms. The van der Waals surface area contributed by atoms with E-state index in [4.69, 9.17) is 0 Å². The molecule has 0 aromatic heterocycles. The van der Waals surface area contributed by atoms with Gasteiger partial charge in [-0.2, -0.15) is 19.0 Å². The highest BCUT2D eigenvalue weighted by Gasteiger charge is 2.26. The topological polar surface area (TPSA) is 129 Å². The SMILES string of the molecule is O=S(=O)([O-])CCCC[N+]1=C[NH+](C[NH+]2C=C[N+](CCCCS(=O)(=O)[O-])=C2)C=C1. The summed E-state index contributed by atoms with van der Waals surface area (Å²) < 4.78 is 67.4. The van der Waals surface area contributed by atoms with Gasteiger partial charge in [0.15, 0.2) is 25.5 Å². The number of nitrogens with one attached hydrogen (secondary N) is 2. The second-order valence-corrected chi connectivity index (χ2v) is 9.68. The van der Waals surface area contributed by atoms with Crippen LogP contribution >= 0.6 is 0 Å². The summed E-state index contributed by atoms with van der Waals surface area (Å²) in [5.74, 6) is -0.648. The lowest BCUT2D eigenvalue weighted by molar-refractivity contribution is -0.948. The number of hydrogen-bond donors (Lipinski definition) is 2. The molecule has 27 heavy (non-hydrogen) atoms. The normalized spacial score (nSPS) is 22.3. The highest BCUT2D eigenvalue weighted by molar-refractivity contribution is 7.85. The molecule has 0 saturated heterocycles. The summed E-state index contributed by atoms with van der Waals surface area (Å²) in [5.41, 5.74) is 0. The molecule has 2 heterocycles. The van der Waals surface area contributed by atoms with Gasteiger partial charge in [0, 0.05) is 24.3 Å². The van der Waals surface area contributed by atoms with E-state index < -0.39 is 20.2 Å². The zero-order valence-electron chi connectivity index (χ0n) is 15.0. The molecule has 2 rings (SSSR count). The summed E-state index contributed by atoms with van der Waals surface area (Å²) in [6, 6.07) is 0. The zero-order valence-corrected chi connectivity index (χ0v) is 16.6. The van der Waals surface area contributed by atoms with Gasteiger partial charge in [-0.3, -0.25) is 0 Å². The molecule has 0 saturated carbocycles. The van der Waals surface area contributed by atoms with Crippen LogP contribution in [-0.4, -0.2) is 79.0 Å². The van der Waals surface area contributed by atoms with Gasteiger partial charge in [0.05, 0.1) is 20.2 Å². The van der Waals surface area contributed by atoms with Crippen molar-refractivity contribution in [3.05, 3.63) is 24.8 Å². The van der Waals surface area contributed by atoms with E-state index in [9.17, 15) is 25.9 Å². The van der Waals surface area contributed by atoms with Crippen molar-refractivity contribution in [3.8, 4) is 0 Å². The highest BCUT2D eigenvalue weighted by atomic mass is 32.2. The van der Waals surface area contributed by atoms with Gasteiger partial charge in [-0.25, -0.2) is 16.8 Å². The maximum Gasteiger partial charge on any atom is 0.339 e. The average molecular weight is 423 g/mol. The predicted octanol–water partition coefficient (Wildman–Crippen LogP) is -3.58.